The largest absolute Gasteiger partial charge is 0.496 e. The summed E-state index contributed by atoms with van der Waals surface area (Å²) in [7, 11) is 5.62. The number of aromatic nitrogens is 2. The lowest BCUT2D eigenvalue weighted by atomic mass is 10.1. The first-order valence-electron chi connectivity index (χ1n) is 8.75. The van der Waals surface area contributed by atoms with Crippen LogP contribution in [-0.2, 0) is 13.1 Å². The first-order chi connectivity index (χ1) is 13.1. The molecule has 1 heterocycles. The van der Waals surface area contributed by atoms with Gasteiger partial charge in [-0.15, -0.1) is 0 Å². The lowest BCUT2D eigenvalue weighted by Gasteiger charge is -2.12. The molecule has 1 N–H and O–H groups in total. The van der Waals surface area contributed by atoms with Gasteiger partial charge >= 0.3 is 0 Å². The zero-order valence-corrected chi connectivity index (χ0v) is 15.8. The Hall–Kier alpha value is -3.12. The number of methoxy groups -OCH3 is 1. The number of imidazole rings is 1. The van der Waals surface area contributed by atoms with Crippen molar-refractivity contribution in [1.82, 2.24) is 19.8 Å². The average molecular weight is 364 g/mol. The summed E-state index contributed by atoms with van der Waals surface area (Å²) in [6.45, 7) is 1.14. The second kappa shape index (κ2) is 8.51. The van der Waals surface area contributed by atoms with Crippen LogP contribution in [0.2, 0.25) is 0 Å². The van der Waals surface area contributed by atoms with Crippen molar-refractivity contribution in [3.63, 3.8) is 0 Å². The summed E-state index contributed by atoms with van der Waals surface area (Å²) in [5.74, 6) is 0.619. The zero-order valence-electron chi connectivity index (χ0n) is 15.8. The van der Waals surface area contributed by atoms with E-state index in [2.05, 4.69) is 15.2 Å². The Bertz CT molecular complexity index is 918. The average Bonchev–Trinajstić information content (AvgIpc) is 3.14. The molecule has 6 nitrogen and oxygen atoms in total. The van der Waals surface area contributed by atoms with Crippen molar-refractivity contribution in [2.24, 2.45) is 0 Å². The Balaban J connectivity index is 1.79. The minimum absolute atomic E-state index is 0.139. The number of rotatable bonds is 7. The number of ether oxygens (including phenoxy) is 1. The molecular weight excluding hydrogens is 340 g/mol. The molecule has 1 amide bonds. The van der Waals surface area contributed by atoms with Gasteiger partial charge in [0.15, 0.2) is 0 Å². The maximum atomic E-state index is 12.8. The molecule has 2 aromatic carbocycles. The van der Waals surface area contributed by atoms with Crippen molar-refractivity contribution < 1.29 is 9.53 Å². The van der Waals surface area contributed by atoms with E-state index in [1.54, 1.807) is 13.4 Å². The summed E-state index contributed by atoms with van der Waals surface area (Å²) in [5.41, 5.74) is 3.28. The number of carbonyl (C=O) groups excluding carboxylic acids is 1. The molecule has 3 rings (SSSR count). The summed E-state index contributed by atoms with van der Waals surface area (Å²) in [6, 6.07) is 15.2. The molecule has 0 bridgehead atoms. The van der Waals surface area contributed by atoms with Crippen LogP contribution in [0.1, 0.15) is 21.6 Å². The number of amides is 1. The Morgan fingerprint density at radius 2 is 1.89 bits per heavy atom. The highest BCUT2D eigenvalue weighted by Crippen LogP contribution is 2.18. The first kappa shape index (κ1) is 18.7. The molecule has 0 aliphatic carbocycles. The van der Waals surface area contributed by atoms with Crippen LogP contribution in [0.3, 0.4) is 0 Å². The van der Waals surface area contributed by atoms with E-state index in [0.717, 1.165) is 29.2 Å². The number of benzene rings is 2. The summed E-state index contributed by atoms with van der Waals surface area (Å²) in [5, 5.41) is 2.98. The molecule has 0 spiro atoms. The van der Waals surface area contributed by atoms with Crippen molar-refractivity contribution in [2.75, 3.05) is 21.2 Å². The molecule has 0 atom stereocenters. The molecule has 3 aromatic rings. The van der Waals surface area contributed by atoms with Crippen LogP contribution in [0.4, 0.5) is 0 Å². The Morgan fingerprint density at radius 1 is 1.15 bits per heavy atom. The van der Waals surface area contributed by atoms with Gasteiger partial charge in [-0.3, -0.25) is 4.79 Å². The van der Waals surface area contributed by atoms with Crippen molar-refractivity contribution >= 4 is 5.91 Å². The number of hydrogen-bond acceptors (Lipinski definition) is 4. The molecule has 6 heteroatoms. The van der Waals surface area contributed by atoms with Crippen LogP contribution in [0.5, 0.6) is 5.75 Å². The highest BCUT2D eigenvalue weighted by atomic mass is 16.5. The quantitative estimate of drug-likeness (QED) is 0.700. The fraction of sp³-hybridized carbons (Fsp3) is 0.238. The van der Waals surface area contributed by atoms with Crippen molar-refractivity contribution in [3.05, 3.63) is 77.9 Å². The van der Waals surface area contributed by atoms with Crippen LogP contribution in [0, 0.1) is 0 Å². The number of carbonyl (C=O) groups is 1. The highest BCUT2D eigenvalue weighted by Gasteiger charge is 2.13. The van der Waals surface area contributed by atoms with Gasteiger partial charge in [-0.1, -0.05) is 30.3 Å². The van der Waals surface area contributed by atoms with E-state index in [1.807, 2.05) is 73.4 Å². The molecule has 0 saturated heterocycles. The second-order valence-corrected chi connectivity index (χ2v) is 6.52. The molecule has 1 aromatic heterocycles. The van der Waals surface area contributed by atoms with E-state index in [9.17, 15) is 4.79 Å². The van der Waals surface area contributed by atoms with Gasteiger partial charge in [0.1, 0.15) is 5.75 Å². The van der Waals surface area contributed by atoms with Gasteiger partial charge in [0.2, 0.25) is 0 Å². The number of hydrogen-bond donors (Lipinski definition) is 1. The van der Waals surface area contributed by atoms with E-state index in [0.29, 0.717) is 12.1 Å². The monoisotopic (exact) mass is 364 g/mol. The van der Waals surface area contributed by atoms with Gasteiger partial charge in [0.05, 0.1) is 30.4 Å². The minimum atomic E-state index is -0.139. The van der Waals surface area contributed by atoms with Gasteiger partial charge in [-0.05, 0) is 32.3 Å². The fourth-order valence-electron chi connectivity index (χ4n) is 2.91. The van der Waals surface area contributed by atoms with Crippen LogP contribution >= 0.6 is 0 Å². The molecule has 27 heavy (non-hydrogen) atoms. The van der Waals surface area contributed by atoms with E-state index >= 15 is 0 Å². The Morgan fingerprint density at radius 3 is 2.67 bits per heavy atom. The van der Waals surface area contributed by atoms with Gasteiger partial charge in [0.25, 0.3) is 5.91 Å². The van der Waals surface area contributed by atoms with Crippen LogP contribution in [-0.4, -0.2) is 41.6 Å². The molecular formula is C21H24N4O2. The molecule has 140 valence electrons. The second-order valence-electron chi connectivity index (χ2n) is 6.52. The van der Waals surface area contributed by atoms with Crippen LogP contribution < -0.4 is 10.1 Å². The summed E-state index contributed by atoms with van der Waals surface area (Å²) in [4.78, 5) is 19.3. The third-order valence-corrected chi connectivity index (χ3v) is 4.17. The van der Waals surface area contributed by atoms with E-state index in [1.165, 1.54) is 0 Å². The van der Waals surface area contributed by atoms with Crippen molar-refractivity contribution in [2.45, 2.75) is 13.1 Å². The number of nitrogens with zero attached hydrogens (tertiary/aromatic N) is 3. The standard InChI is InChI=1S/C21H24N4O2/c1-24(2)13-17-14-25(15-23-17)19-10-6-5-9-18(19)21(26)22-12-16-8-4-7-11-20(16)27-3/h4-11,14-15H,12-13H2,1-3H3,(H,22,26). The Labute approximate surface area is 159 Å². The summed E-state index contributed by atoms with van der Waals surface area (Å²) < 4.78 is 7.23. The predicted octanol–water partition coefficient (Wildman–Crippen LogP) is 2.87. The summed E-state index contributed by atoms with van der Waals surface area (Å²) >= 11 is 0. The van der Waals surface area contributed by atoms with Gasteiger partial charge in [0, 0.05) is 24.8 Å². The SMILES string of the molecule is COc1ccccc1CNC(=O)c1ccccc1-n1cnc(CN(C)C)c1. The predicted molar refractivity (Wildman–Crippen MR) is 105 cm³/mol. The zero-order chi connectivity index (χ0) is 19.2. The maximum absolute atomic E-state index is 12.8. The van der Waals surface area contributed by atoms with Gasteiger partial charge in [-0.25, -0.2) is 4.98 Å². The van der Waals surface area contributed by atoms with Crippen molar-refractivity contribution in [3.8, 4) is 11.4 Å². The van der Waals surface area contributed by atoms with Gasteiger partial charge in [-0.2, -0.15) is 0 Å². The smallest absolute Gasteiger partial charge is 0.253 e. The summed E-state index contributed by atoms with van der Waals surface area (Å²) in [6.07, 6.45) is 3.69. The fourth-order valence-corrected chi connectivity index (χ4v) is 2.91. The first-order valence-corrected chi connectivity index (χ1v) is 8.75. The van der Waals surface area contributed by atoms with Gasteiger partial charge < -0.3 is 19.5 Å². The number of para-hydroxylation sites is 2. The molecule has 0 aliphatic heterocycles. The molecule has 0 saturated carbocycles. The van der Waals surface area contributed by atoms with Crippen LogP contribution in [0.15, 0.2) is 61.1 Å². The highest BCUT2D eigenvalue weighted by molar-refractivity contribution is 5.97. The topological polar surface area (TPSA) is 59.4 Å². The van der Waals surface area contributed by atoms with Crippen molar-refractivity contribution in [1.29, 1.82) is 0 Å². The van der Waals surface area contributed by atoms with E-state index in [-0.39, 0.29) is 5.91 Å². The molecule has 0 fully saturated rings. The third kappa shape index (κ3) is 4.54. The molecule has 0 aliphatic rings. The molecule has 0 unspecified atom stereocenters. The third-order valence-electron chi connectivity index (χ3n) is 4.17. The van der Waals surface area contributed by atoms with E-state index < -0.39 is 0 Å². The normalized spacial score (nSPS) is 10.8. The number of nitrogens with one attached hydrogen (secondary N) is 1. The van der Waals surface area contributed by atoms with Crippen LogP contribution in [0.25, 0.3) is 5.69 Å². The Kier molecular flexibility index (Phi) is 5.88. The maximum Gasteiger partial charge on any atom is 0.253 e. The molecule has 0 radical (unpaired) electrons. The lowest BCUT2D eigenvalue weighted by Crippen LogP contribution is -2.24. The lowest BCUT2D eigenvalue weighted by molar-refractivity contribution is 0.0950. The minimum Gasteiger partial charge on any atom is -0.496 e. The van der Waals surface area contributed by atoms with E-state index in [4.69, 9.17) is 4.74 Å².